The van der Waals surface area contributed by atoms with E-state index in [2.05, 4.69) is 15.6 Å². The van der Waals surface area contributed by atoms with Gasteiger partial charge in [-0.2, -0.15) is 0 Å². The lowest BCUT2D eigenvalue weighted by molar-refractivity contribution is -0.135. The Morgan fingerprint density at radius 1 is 1.26 bits per heavy atom. The number of hydrogen-bond acceptors (Lipinski definition) is 4. The first kappa shape index (κ1) is 24.0. The number of pyridine rings is 1. The number of aromatic nitrogens is 1. The first-order chi connectivity index (χ1) is 16.3. The molecule has 10 heteroatoms. The second-order valence-corrected chi connectivity index (χ2v) is 8.97. The minimum Gasteiger partial charge on any atom is -0.354 e. The molecule has 34 heavy (non-hydrogen) atoms. The third kappa shape index (κ3) is 4.60. The average Bonchev–Trinajstić information content (AvgIpc) is 3.16. The van der Waals surface area contributed by atoms with Crippen LogP contribution in [0.5, 0.6) is 0 Å². The molecule has 0 saturated carbocycles. The summed E-state index contributed by atoms with van der Waals surface area (Å²) in [5.74, 6) is -0.579. The Bertz CT molecular complexity index is 1150. The van der Waals surface area contributed by atoms with Gasteiger partial charge in [-0.1, -0.05) is 35.3 Å². The first-order valence-electron chi connectivity index (χ1n) is 11.1. The van der Waals surface area contributed by atoms with E-state index in [1.807, 2.05) is 25.1 Å². The van der Waals surface area contributed by atoms with E-state index in [1.165, 1.54) is 9.80 Å². The minimum atomic E-state index is -0.730. The van der Waals surface area contributed by atoms with Gasteiger partial charge in [0.2, 0.25) is 5.91 Å². The molecular weight excluding hydrogens is 477 g/mol. The van der Waals surface area contributed by atoms with Crippen molar-refractivity contribution in [2.45, 2.75) is 32.4 Å². The van der Waals surface area contributed by atoms with Crippen LogP contribution < -0.4 is 10.6 Å². The van der Waals surface area contributed by atoms with Crippen molar-refractivity contribution in [1.82, 2.24) is 25.4 Å². The number of amides is 4. The third-order valence-electron chi connectivity index (χ3n) is 6.09. The number of hydrogen-bond donors (Lipinski definition) is 2. The molecule has 1 aromatic carbocycles. The van der Waals surface area contributed by atoms with E-state index in [4.69, 9.17) is 23.2 Å². The zero-order valence-corrected chi connectivity index (χ0v) is 20.4. The van der Waals surface area contributed by atoms with Crippen LogP contribution >= 0.6 is 23.2 Å². The highest BCUT2D eigenvalue weighted by Gasteiger charge is 2.46. The van der Waals surface area contributed by atoms with Crippen LogP contribution in [0, 0.1) is 0 Å². The Morgan fingerprint density at radius 3 is 2.74 bits per heavy atom. The van der Waals surface area contributed by atoms with Crippen LogP contribution in [0.3, 0.4) is 0 Å². The summed E-state index contributed by atoms with van der Waals surface area (Å²) < 4.78 is 0. The normalized spacial score (nSPS) is 18.6. The van der Waals surface area contributed by atoms with Gasteiger partial charge < -0.3 is 15.5 Å². The standard InChI is InChI=1S/C24H25Cl2N5O3/c1-3-30-19-13-31(14(2)22(32)28-11-9-16-6-4-5-10-27-16)23(33)20(19)21(29-24(30)34)17-8-7-15(25)12-18(17)26/h4-8,10,12,14,21H,3,9,11,13H2,1-2H3,(H,28,32)(H,29,34)/t14-,21+/m0/s1. The number of likely N-dealkylation sites (N-methyl/N-ethyl adjacent to an activating group) is 1. The molecule has 8 nitrogen and oxygen atoms in total. The summed E-state index contributed by atoms with van der Waals surface area (Å²) in [6.45, 7) is 4.46. The van der Waals surface area contributed by atoms with Crippen molar-refractivity contribution in [3.8, 4) is 0 Å². The van der Waals surface area contributed by atoms with E-state index in [1.54, 1.807) is 31.3 Å². The number of urea groups is 1. The zero-order valence-electron chi connectivity index (χ0n) is 18.8. The second kappa shape index (κ2) is 10.0. The van der Waals surface area contributed by atoms with E-state index >= 15 is 0 Å². The van der Waals surface area contributed by atoms with Crippen molar-refractivity contribution in [2.75, 3.05) is 19.6 Å². The van der Waals surface area contributed by atoms with E-state index in [9.17, 15) is 14.4 Å². The van der Waals surface area contributed by atoms with Crippen LogP contribution in [0.2, 0.25) is 10.0 Å². The van der Waals surface area contributed by atoms with Gasteiger partial charge in [0.15, 0.2) is 0 Å². The number of nitrogens with one attached hydrogen (secondary N) is 2. The monoisotopic (exact) mass is 501 g/mol. The molecule has 4 rings (SSSR count). The number of benzene rings is 1. The van der Waals surface area contributed by atoms with Crippen molar-refractivity contribution in [3.63, 3.8) is 0 Å². The lowest BCUT2D eigenvalue weighted by atomic mass is 9.95. The summed E-state index contributed by atoms with van der Waals surface area (Å²) in [5.41, 5.74) is 2.44. The Labute approximate surface area is 207 Å². The first-order valence-corrected chi connectivity index (χ1v) is 11.8. The van der Waals surface area contributed by atoms with Gasteiger partial charge in [0.25, 0.3) is 5.91 Å². The van der Waals surface area contributed by atoms with Crippen molar-refractivity contribution < 1.29 is 14.4 Å². The smallest absolute Gasteiger partial charge is 0.322 e. The molecule has 3 heterocycles. The molecule has 0 fully saturated rings. The van der Waals surface area contributed by atoms with E-state index in [0.29, 0.717) is 46.4 Å². The SMILES string of the molecule is CCN1C(=O)N[C@H](c2ccc(Cl)cc2Cl)C2=C1CN([C@@H](C)C(=O)NCCc1ccccn1)C2=O. The molecule has 2 aliphatic heterocycles. The van der Waals surface area contributed by atoms with Gasteiger partial charge in [0.05, 0.1) is 23.9 Å². The number of carbonyl (C=O) groups is 3. The van der Waals surface area contributed by atoms with E-state index in [-0.39, 0.29) is 24.4 Å². The maximum absolute atomic E-state index is 13.5. The summed E-state index contributed by atoms with van der Waals surface area (Å²) in [7, 11) is 0. The predicted octanol–water partition coefficient (Wildman–Crippen LogP) is 3.32. The number of halogens is 2. The molecule has 2 N–H and O–H groups in total. The van der Waals surface area contributed by atoms with Gasteiger partial charge in [0, 0.05) is 41.4 Å². The fourth-order valence-electron chi connectivity index (χ4n) is 4.28. The van der Waals surface area contributed by atoms with Gasteiger partial charge in [-0.3, -0.25) is 19.5 Å². The highest BCUT2D eigenvalue weighted by atomic mass is 35.5. The molecule has 0 aliphatic carbocycles. The Morgan fingerprint density at radius 2 is 2.06 bits per heavy atom. The van der Waals surface area contributed by atoms with Crippen LogP contribution in [0.4, 0.5) is 4.79 Å². The molecular formula is C24H25Cl2N5O3. The van der Waals surface area contributed by atoms with Crippen LogP contribution in [0.25, 0.3) is 0 Å². The fourth-order valence-corrected chi connectivity index (χ4v) is 4.80. The maximum atomic E-state index is 13.5. The van der Waals surface area contributed by atoms with Crippen molar-refractivity contribution in [2.24, 2.45) is 0 Å². The topological polar surface area (TPSA) is 94.6 Å². The molecule has 2 atom stereocenters. The van der Waals surface area contributed by atoms with Gasteiger partial charge in [-0.15, -0.1) is 0 Å². The quantitative estimate of drug-likeness (QED) is 0.608. The molecule has 0 unspecified atom stereocenters. The predicted molar refractivity (Wildman–Crippen MR) is 129 cm³/mol. The molecule has 2 aromatic rings. The van der Waals surface area contributed by atoms with Crippen LogP contribution in [0.1, 0.15) is 31.1 Å². The summed E-state index contributed by atoms with van der Waals surface area (Å²) in [6.07, 6.45) is 2.29. The van der Waals surface area contributed by atoms with Gasteiger partial charge in [-0.05, 0) is 43.7 Å². The van der Waals surface area contributed by atoms with Crippen molar-refractivity contribution >= 4 is 41.0 Å². The Kier molecular flexibility index (Phi) is 7.09. The molecule has 178 valence electrons. The number of carbonyl (C=O) groups excluding carboxylic acids is 3. The largest absolute Gasteiger partial charge is 0.354 e. The molecule has 0 radical (unpaired) electrons. The summed E-state index contributed by atoms with van der Waals surface area (Å²) >= 11 is 12.4. The highest BCUT2D eigenvalue weighted by molar-refractivity contribution is 6.35. The van der Waals surface area contributed by atoms with Crippen molar-refractivity contribution in [3.05, 3.63) is 75.2 Å². The molecule has 2 aliphatic rings. The minimum absolute atomic E-state index is 0.159. The highest BCUT2D eigenvalue weighted by Crippen LogP contribution is 2.39. The molecule has 0 spiro atoms. The number of rotatable bonds is 7. The zero-order chi connectivity index (χ0) is 24.4. The van der Waals surface area contributed by atoms with Gasteiger partial charge >= 0.3 is 6.03 Å². The molecule has 0 saturated heterocycles. The molecule has 4 amide bonds. The van der Waals surface area contributed by atoms with Gasteiger partial charge in [0.1, 0.15) is 6.04 Å². The molecule has 0 bridgehead atoms. The summed E-state index contributed by atoms with van der Waals surface area (Å²) in [5, 5.41) is 6.56. The summed E-state index contributed by atoms with van der Waals surface area (Å²) in [6, 6.07) is 8.78. The number of nitrogens with zero attached hydrogens (tertiary/aromatic N) is 3. The Balaban J connectivity index is 1.53. The fraction of sp³-hybridized carbons (Fsp3) is 0.333. The maximum Gasteiger partial charge on any atom is 0.322 e. The van der Waals surface area contributed by atoms with E-state index < -0.39 is 12.1 Å². The lowest BCUT2D eigenvalue weighted by Gasteiger charge is -2.33. The Hall–Kier alpha value is -3.10. The third-order valence-corrected chi connectivity index (χ3v) is 6.66. The average molecular weight is 502 g/mol. The lowest BCUT2D eigenvalue weighted by Crippen LogP contribution is -2.47. The second-order valence-electron chi connectivity index (χ2n) is 8.12. The van der Waals surface area contributed by atoms with Crippen LogP contribution in [-0.4, -0.2) is 58.3 Å². The summed E-state index contributed by atoms with van der Waals surface area (Å²) in [4.78, 5) is 46.5. The van der Waals surface area contributed by atoms with Gasteiger partial charge in [-0.25, -0.2) is 4.79 Å². The molecule has 1 aromatic heterocycles. The van der Waals surface area contributed by atoms with Crippen molar-refractivity contribution in [1.29, 1.82) is 0 Å². The van der Waals surface area contributed by atoms with Crippen LogP contribution in [-0.2, 0) is 16.0 Å². The van der Waals surface area contributed by atoms with Crippen LogP contribution in [0.15, 0.2) is 53.9 Å². The van der Waals surface area contributed by atoms with E-state index in [0.717, 1.165) is 5.69 Å².